The highest BCUT2D eigenvalue weighted by molar-refractivity contribution is 5.89. The van der Waals surface area contributed by atoms with Crippen LogP contribution in [0.4, 0.5) is 18.0 Å². The van der Waals surface area contributed by atoms with Crippen molar-refractivity contribution >= 4 is 12.1 Å². The van der Waals surface area contributed by atoms with Gasteiger partial charge in [0.25, 0.3) is 0 Å². The molecule has 0 bridgehead atoms. The van der Waals surface area contributed by atoms with Gasteiger partial charge in [0.05, 0.1) is 11.1 Å². The molecule has 0 aliphatic rings. The first-order valence-electron chi connectivity index (χ1n) is 7.50. The van der Waals surface area contributed by atoms with E-state index in [4.69, 9.17) is 9.84 Å². The van der Waals surface area contributed by atoms with Crippen LogP contribution < -0.4 is 5.32 Å². The fourth-order valence-electron chi connectivity index (χ4n) is 2.00. The molecule has 2 unspecified atom stereocenters. The number of alkyl halides is 3. The predicted octanol–water partition coefficient (Wildman–Crippen LogP) is 2.32. The maximum atomic E-state index is 12.8. The fraction of sp³-hybridized carbons (Fsp3) is 0.500. The van der Waals surface area contributed by atoms with Crippen LogP contribution in [0.25, 0.3) is 0 Å². The molecule has 0 fully saturated rings. The quantitative estimate of drug-likeness (QED) is 0.624. The summed E-state index contributed by atoms with van der Waals surface area (Å²) < 4.78 is 43.3. The summed E-state index contributed by atoms with van der Waals surface area (Å²) in [7, 11) is 0. The lowest BCUT2D eigenvalue weighted by Gasteiger charge is -2.23. The topological polar surface area (TPSA) is 116 Å². The number of benzene rings is 1. The molecule has 7 nitrogen and oxygen atoms in total. The first-order valence-corrected chi connectivity index (χ1v) is 7.50. The Bertz CT molecular complexity index is 669. The maximum Gasteiger partial charge on any atom is 0.416 e. The molecular weight excluding hydrogens is 359 g/mol. The molecule has 146 valence electrons. The van der Waals surface area contributed by atoms with E-state index in [1.54, 1.807) is 20.8 Å². The molecule has 0 spiro atoms. The summed E-state index contributed by atoms with van der Waals surface area (Å²) >= 11 is 0. The van der Waals surface area contributed by atoms with Gasteiger partial charge in [-0.1, -0.05) is 0 Å². The van der Waals surface area contributed by atoms with Crippen LogP contribution in [0.3, 0.4) is 0 Å². The standard InChI is InChI=1S/C16H20F3NO6/c1-15(2,3)26-14(25)20-7-11(21)12(22)10-6-8(16(17,18)19)4-5-9(10)13(23)24/h4-6,11-12,21-22H,7H2,1-3H3,(H,20,25)(H,23,24). The predicted molar refractivity (Wildman–Crippen MR) is 83.6 cm³/mol. The Morgan fingerprint density at radius 3 is 2.23 bits per heavy atom. The summed E-state index contributed by atoms with van der Waals surface area (Å²) in [5, 5.41) is 31.2. The van der Waals surface area contributed by atoms with Gasteiger partial charge in [0.15, 0.2) is 0 Å². The van der Waals surface area contributed by atoms with Gasteiger partial charge in [-0.15, -0.1) is 0 Å². The number of carboxylic acids is 1. The molecule has 26 heavy (non-hydrogen) atoms. The smallest absolute Gasteiger partial charge is 0.416 e. The highest BCUT2D eigenvalue weighted by Gasteiger charge is 2.33. The van der Waals surface area contributed by atoms with E-state index >= 15 is 0 Å². The van der Waals surface area contributed by atoms with Crippen LogP contribution in [0.2, 0.25) is 0 Å². The average molecular weight is 379 g/mol. The molecular formula is C16H20F3NO6. The van der Waals surface area contributed by atoms with Gasteiger partial charge in [-0.25, -0.2) is 9.59 Å². The number of aliphatic hydroxyl groups excluding tert-OH is 2. The molecule has 0 saturated heterocycles. The third-order valence-corrected chi connectivity index (χ3v) is 3.15. The van der Waals surface area contributed by atoms with E-state index < -0.39 is 59.3 Å². The number of rotatable bonds is 5. The van der Waals surface area contributed by atoms with Crippen molar-refractivity contribution in [2.75, 3.05) is 6.54 Å². The average Bonchev–Trinajstić information content (AvgIpc) is 2.48. The SMILES string of the molecule is CC(C)(C)OC(=O)NCC(O)C(O)c1cc(C(F)(F)F)ccc1C(=O)O. The molecule has 0 radical (unpaired) electrons. The normalized spacial score (nSPS) is 14.5. The minimum Gasteiger partial charge on any atom is -0.478 e. The third kappa shape index (κ3) is 6.19. The first kappa shape index (κ1) is 21.7. The molecule has 1 aromatic rings. The molecule has 0 saturated carbocycles. The van der Waals surface area contributed by atoms with Crippen LogP contribution >= 0.6 is 0 Å². The molecule has 1 amide bonds. The second-order valence-corrected chi connectivity index (χ2v) is 6.50. The molecule has 0 aromatic heterocycles. The Labute approximate surface area is 147 Å². The van der Waals surface area contributed by atoms with E-state index in [1.807, 2.05) is 0 Å². The summed E-state index contributed by atoms with van der Waals surface area (Å²) in [6.07, 6.45) is -9.40. The third-order valence-electron chi connectivity index (χ3n) is 3.15. The molecule has 1 aromatic carbocycles. The molecule has 10 heteroatoms. The minimum atomic E-state index is -4.76. The summed E-state index contributed by atoms with van der Waals surface area (Å²) in [6, 6.07) is 1.70. The maximum absolute atomic E-state index is 12.8. The van der Waals surface area contributed by atoms with Crippen molar-refractivity contribution in [2.45, 2.75) is 44.8 Å². The highest BCUT2D eigenvalue weighted by Crippen LogP contribution is 2.33. The number of ether oxygens (including phenoxy) is 1. The number of aromatic carboxylic acids is 1. The molecule has 0 aliphatic heterocycles. The van der Waals surface area contributed by atoms with Gasteiger partial charge in [-0.05, 0) is 44.5 Å². The lowest BCUT2D eigenvalue weighted by molar-refractivity contribution is -0.137. The zero-order valence-electron chi connectivity index (χ0n) is 14.3. The van der Waals surface area contributed by atoms with Crippen molar-refractivity contribution in [2.24, 2.45) is 0 Å². The number of amides is 1. The Hall–Kier alpha value is -2.33. The van der Waals surface area contributed by atoms with Crippen LogP contribution in [0.5, 0.6) is 0 Å². The molecule has 0 heterocycles. The van der Waals surface area contributed by atoms with Crippen LogP contribution in [-0.2, 0) is 10.9 Å². The fourth-order valence-corrected chi connectivity index (χ4v) is 2.00. The van der Waals surface area contributed by atoms with E-state index in [9.17, 15) is 33.0 Å². The van der Waals surface area contributed by atoms with E-state index in [-0.39, 0.29) is 0 Å². The number of hydrogen-bond acceptors (Lipinski definition) is 5. The zero-order chi connectivity index (χ0) is 20.3. The summed E-state index contributed by atoms with van der Waals surface area (Å²) in [6.45, 7) is 4.23. The van der Waals surface area contributed by atoms with Crippen molar-refractivity contribution in [3.8, 4) is 0 Å². The van der Waals surface area contributed by atoms with Crippen LogP contribution in [-0.4, -0.2) is 45.6 Å². The molecule has 4 N–H and O–H groups in total. The highest BCUT2D eigenvalue weighted by atomic mass is 19.4. The van der Waals surface area contributed by atoms with Crippen LogP contribution in [0.1, 0.15) is 48.4 Å². The number of nitrogens with one attached hydrogen (secondary N) is 1. The van der Waals surface area contributed by atoms with Gasteiger partial charge in [0, 0.05) is 6.54 Å². The van der Waals surface area contributed by atoms with Gasteiger partial charge in [-0.2, -0.15) is 13.2 Å². The van der Waals surface area contributed by atoms with Crippen molar-refractivity contribution in [1.82, 2.24) is 5.32 Å². The van der Waals surface area contributed by atoms with Gasteiger partial charge in [0.1, 0.15) is 17.8 Å². The summed E-state index contributed by atoms with van der Waals surface area (Å²) in [5.41, 5.74) is -3.21. The number of halogens is 3. The van der Waals surface area contributed by atoms with E-state index in [0.29, 0.717) is 18.2 Å². The largest absolute Gasteiger partial charge is 0.478 e. The van der Waals surface area contributed by atoms with E-state index in [1.165, 1.54) is 0 Å². The summed E-state index contributed by atoms with van der Waals surface area (Å²) in [4.78, 5) is 22.7. The van der Waals surface area contributed by atoms with Gasteiger partial charge < -0.3 is 25.4 Å². The molecule has 2 atom stereocenters. The number of alkyl carbamates (subject to hydrolysis) is 1. The van der Waals surface area contributed by atoms with Crippen LogP contribution in [0.15, 0.2) is 18.2 Å². The van der Waals surface area contributed by atoms with E-state index in [0.717, 1.165) is 0 Å². The zero-order valence-corrected chi connectivity index (χ0v) is 14.3. The van der Waals surface area contributed by atoms with Crippen molar-refractivity contribution in [1.29, 1.82) is 0 Å². The number of aliphatic hydroxyl groups is 2. The summed E-state index contributed by atoms with van der Waals surface area (Å²) in [5.74, 6) is -1.57. The van der Waals surface area contributed by atoms with Crippen LogP contribution in [0, 0.1) is 0 Å². The number of carbonyl (C=O) groups is 2. The van der Waals surface area contributed by atoms with Gasteiger partial charge in [-0.3, -0.25) is 0 Å². The monoisotopic (exact) mass is 379 g/mol. The number of carboxylic acid groups (broad SMARTS) is 1. The second kappa shape index (κ2) is 7.92. The second-order valence-electron chi connectivity index (χ2n) is 6.50. The van der Waals surface area contributed by atoms with Crippen molar-refractivity contribution in [3.05, 3.63) is 34.9 Å². The molecule has 0 aliphatic carbocycles. The van der Waals surface area contributed by atoms with Gasteiger partial charge >= 0.3 is 18.2 Å². The van der Waals surface area contributed by atoms with Crippen molar-refractivity contribution in [3.63, 3.8) is 0 Å². The Balaban J connectivity index is 2.98. The Morgan fingerprint density at radius 1 is 1.19 bits per heavy atom. The Morgan fingerprint density at radius 2 is 1.77 bits per heavy atom. The number of hydrogen-bond donors (Lipinski definition) is 4. The van der Waals surface area contributed by atoms with E-state index in [2.05, 4.69) is 5.32 Å². The number of carbonyl (C=O) groups excluding carboxylic acids is 1. The van der Waals surface area contributed by atoms with Crippen molar-refractivity contribution < 1.29 is 42.8 Å². The lowest BCUT2D eigenvalue weighted by atomic mass is 9.96. The molecule has 1 rings (SSSR count). The van der Waals surface area contributed by atoms with Gasteiger partial charge in [0.2, 0.25) is 0 Å². The first-order chi connectivity index (χ1) is 11.7. The Kier molecular flexibility index (Phi) is 6.61. The lowest BCUT2D eigenvalue weighted by Crippen LogP contribution is -2.39. The minimum absolute atomic E-state index is 0.449.